The highest BCUT2D eigenvalue weighted by Crippen LogP contribution is 2.19. The lowest BCUT2D eigenvalue weighted by molar-refractivity contribution is -0.111. The van der Waals surface area contributed by atoms with Crippen LogP contribution < -0.4 is 4.90 Å². The first-order valence-electron chi connectivity index (χ1n) is 7.15. The number of hydrogen-bond donors (Lipinski definition) is 0. The summed E-state index contributed by atoms with van der Waals surface area (Å²) in [5.74, 6) is 6.93. The molecule has 0 atom stereocenters. The number of carbonyl (C=O) groups is 1. The molecular formula is C16H21N3O2. The maximum atomic E-state index is 10.8. The van der Waals surface area contributed by atoms with Crippen LogP contribution in [-0.4, -0.2) is 42.1 Å². The van der Waals surface area contributed by atoms with Gasteiger partial charge in [-0.15, -0.1) is 0 Å². The third-order valence-corrected chi connectivity index (χ3v) is 3.66. The Morgan fingerprint density at radius 1 is 1.43 bits per heavy atom. The highest BCUT2D eigenvalue weighted by molar-refractivity contribution is 5.54. The van der Waals surface area contributed by atoms with Crippen molar-refractivity contribution in [2.24, 2.45) is 5.92 Å². The van der Waals surface area contributed by atoms with E-state index < -0.39 is 5.60 Å². The molecule has 0 aliphatic carbocycles. The topological polar surface area (TPSA) is 55.3 Å². The Labute approximate surface area is 125 Å². The van der Waals surface area contributed by atoms with E-state index >= 15 is 0 Å². The first-order chi connectivity index (χ1) is 10.0. The van der Waals surface area contributed by atoms with Crippen molar-refractivity contribution in [1.82, 2.24) is 9.97 Å². The first-order valence-corrected chi connectivity index (χ1v) is 7.15. The van der Waals surface area contributed by atoms with E-state index in [1.807, 2.05) is 13.8 Å². The molecule has 0 unspecified atom stereocenters. The molecule has 0 spiro atoms. The second-order valence-electron chi connectivity index (χ2n) is 5.67. The molecule has 1 aromatic heterocycles. The lowest BCUT2D eigenvalue weighted by Crippen LogP contribution is -2.35. The first kappa shape index (κ1) is 15.5. The van der Waals surface area contributed by atoms with Gasteiger partial charge in [-0.2, -0.15) is 0 Å². The molecule has 0 amide bonds. The minimum Gasteiger partial charge on any atom is -0.366 e. The summed E-state index contributed by atoms with van der Waals surface area (Å²) in [7, 11) is 1.64. The van der Waals surface area contributed by atoms with Gasteiger partial charge in [-0.3, -0.25) is 0 Å². The smallest absolute Gasteiger partial charge is 0.226 e. The molecule has 1 fully saturated rings. The molecule has 1 saturated heterocycles. The molecule has 1 aliphatic rings. The number of piperidine rings is 1. The van der Waals surface area contributed by atoms with Crippen LogP contribution in [0, 0.1) is 17.8 Å². The fourth-order valence-electron chi connectivity index (χ4n) is 2.07. The predicted octanol–water partition coefficient (Wildman–Crippen LogP) is 1.67. The second kappa shape index (κ2) is 6.68. The summed E-state index contributed by atoms with van der Waals surface area (Å²) in [6, 6.07) is 1.79. The van der Waals surface area contributed by atoms with Crippen LogP contribution in [0.2, 0.25) is 0 Å². The van der Waals surface area contributed by atoms with E-state index in [9.17, 15) is 4.79 Å². The Balaban J connectivity index is 2.10. The molecule has 1 aromatic rings. The van der Waals surface area contributed by atoms with Crippen molar-refractivity contribution in [1.29, 1.82) is 0 Å². The molecule has 21 heavy (non-hydrogen) atoms. The monoisotopic (exact) mass is 287 g/mol. The summed E-state index contributed by atoms with van der Waals surface area (Å²) in [4.78, 5) is 21.7. The summed E-state index contributed by atoms with van der Waals surface area (Å²) in [6.07, 6.45) is 4.49. The number of aromatic nitrogens is 2. The van der Waals surface area contributed by atoms with Crippen LogP contribution in [0.4, 0.5) is 5.95 Å². The summed E-state index contributed by atoms with van der Waals surface area (Å²) in [5, 5.41) is 0. The molecule has 0 N–H and O–H groups in total. The van der Waals surface area contributed by atoms with Gasteiger partial charge in [-0.25, -0.2) is 9.97 Å². The van der Waals surface area contributed by atoms with Crippen molar-refractivity contribution in [2.45, 2.75) is 32.3 Å². The molecule has 0 saturated carbocycles. The number of anilines is 1. The Bertz CT molecular complexity index is 552. The molecular weight excluding hydrogens is 266 g/mol. The van der Waals surface area contributed by atoms with E-state index in [-0.39, 0.29) is 5.92 Å². The highest BCUT2D eigenvalue weighted by Gasteiger charge is 2.20. The fourth-order valence-corrected chi connectivity index (χ4v) is 2.07. The van der Waals surface area contributed by atoms with Crippen LogP contribution in [-0.2, 0) is 9.53 Å². The summed E-state index contributed by atoms with van der Waals surface area (Å²) >= 11 is 0. The van der Waals surface area contributed by atoms with E-state index in [1.165, 1.54) is 0 Å². The van der Waals surface area contributed by atoms with Gasteiger partial charge in [-0.05, 0) is 38.7 Å². The second-order valence-corrected chi connectivity index (χ2v) is 5.67. The molecule has 2 rings (SSSR count). The zero-order chi connectivity index (χ0) is 15.3. The van der Waals surface area contributed by atoms with Crippen LogP contribution >= 0.6 is 0 Å². The number of hydrogen-bond acceptors (Lipinski definition) is 5. The van der Waals surface area contributed by atoms with Crippen LogP contribution in [0.15, 0.2) is 12.3 Å². The van der Waals surface area contributed by atoms with Gasteiger partial charge in [0.1, 0.15) is 17.6 Å². The lowest BCUT2D eigenvalue weighted by Gasteiger charge is -2.29. The Morgan fingerprint density at radius 3 is 2.76 bits per heavy atom. The van der Waals surface area contributed by atoms with Crippen molar-refractivity contribution in [3.8, 4) is 11.8 Å². The van der Waals surface area contributed by atoms with Gasteiger partial charge in [-0.1, -0.05) is 5.92 Å². The van der Waals surface area contributed by atoms with E-state index in [2.05, 4.69) is 26.7 Å². The van der Waals surface area contributed by atoms with Crippen LogP contribution in [0.5, 0.6) is 0 Å². The van der Waals surface area contributed by atoms with Crippen molar-refractivity contribution in [3.63, 3.8) is 0 Å². The molecule has 0 radical (unpaired) electrons. The number of rotatable bonds is 3. The summed E-state index contributed by atoms with van der Waals surface area (Å²) < 4.78 is 5.27. The molecule has 0 bridgehead atoms. The van der Waals surface area contributed by atoms with Crippen molar-refractivity contribution < 1.29 is 9.53 Å². The van der Waals surface area contributed by atoms with Gasteiger partial charge in [0.2, 0.25) is 5.95 Å². The normalized spacial score (nSPS) is 16.2. The van der Waals surface area contributed by atoms with Gasteiger partial charge in [0.25, 0.3) is 0 Å². The van der Waals surface area contributed by atoms with Gasteiger partial charge in [0.05, 0.1) is 0 Å². The number of ether oxygens (including phenoxy) is 1. The average Bonchev–Trinajstić information content (AvgIpc) is 2.53. The summed E-state index contributed by atoms with van der Waals surface area (Å²) in [5.41, 5.74) is 0.190. The SMILES string of the molecule is COC(C)(C)C#Cc1ccnc(N2CCC(C=O)CC2)n1. The highest BCUT2D eigenvalue weighted by atomic mass is 16.5. The van der Waals surface area contributed by atoms with Gasteiger partial charge in [0.15, 0.2) is 0 Å². The third-order valence-electron chi connectivity index (χ3n) is 3.66. The molecule has 5 heteroatoms. The van der Waals surface area contributed by atoms with E-state index in [4.69, 9.17) is 4.74 Å². The fraction of sp³-hybridized carbons (Fsp3) is 0.562. The maximum absolute atomic E-state index is 10.8. The molecule has 112 valence electrons. The van der Waals surface area contributed by atoms with Gasteiger partial charge >= 0.3 is 0 Å². The summed E-state index contributed by atoms with van der Waals surface area (Å²) in [6.45, 7) is 5.44. The minimum atomic E-state index is -0.493. The van der Waals surface area contributed by atoms with E-state index in [1.54, 1.807) is 19.4 Å². The standard InChI is InChI=1S/C16H21N3O2/c1-16(2,21-3)8-4-14-5-9-17-15(18-14)19-10-6-13(12-20)7-11-19/h5,9,12-13H,6-7,10-11H2,1-3H3. The third kappa shape index (κ3) is 4.27. The minimum absolute atomic E-state index is 0.173. The van der Waals surface area contributed by atoms with Crippen LogP contribution in [0.1, 0.15) is 32.4 Å². The van der Waals surface area contributed by atoms with Crippen molar-refractivity contribution in [2.75, 3.05) is 25.1 Å². The van der Waals surface area contributed by atoms with Gasteiger partial charge < -0.3 is 14.4 Å². The van der Waals surface area contributed by atoms with Crippen LogP contribution in [0.3, 0.4) is 0 Å². The zero-order valence-corrected chi connectivity index (χ0v) is 12.8. The number of carbonyl (C=O) groups excluding carboxylic acids is 1. The Hall–Kier alpha value is -1.93. The maximum Gasteiger partial charge on any atom is 0.226 e. The van der Waals surface area contributed by atoms with Crippen molar-refractivity contribution >= 4 is 12.2 Å². The van der Waals surface area contributed by atoms with E-state index in [0.717, 1.165) is 32.2 Å². The quantitative estimate of drug-likeness (QED) is 0.625. The van der Waals surface area contributed by atoms with Gasteiger partial charge in [0, 0.05) is 32.3 Å². The van der Waals surface area contributed by atoms with E-state index in [0.29, 0.717) is 11.6 Å². The molecule has 0 aromatic carbocycles. The lowest BCUT2D eigenvalue weighted by atomic mass is 9.99. The average molecular weight is 287 g/mol. The Morgan fingerprint density at radius 2 is 2.14 bits per heavy atom. The van der Waals surface area contributed by atoms with Crippen LogP contribution in [0.25, 0.3) is 0 Å². The largest absolute Gasteiger partial charge is 0.366 e. The number of methoxy groups -OCH3 is 1. The molecule has 2 heterocycles. The Kier molecular flexibility index (Phi) is 4.92. The molecule has 1 aliphatic heterocycles. The molecule has 5 nitrogen and oxygen atoms in total. The predicted molar refractivity (Wildman–Crippen MR) is 81.0 cm³/mol. The van der Waals surface area contributed by atoms with Crippen molar-refractivity contribution in [3.05, 3.63) is 18.0 Å². The number of nitrogens with zero attached hydrogens (tertiary/aromatic N) is 3. The number of aldehydes is 1. The zero-order valence-electron chi connectivity index (χ0n) is 12.8.